The van der Waals surface area contributed by atoms with Gasteiger partial charge in [0.2, 0.25) is 11.4 Å². The van der Waals surface area contributed by atoms with Crippen molar-refractivity contribution < 1.29 is 33.8 Å². The fourth-order valence-electron chi connectivity index (χ4n) is 5.78. The van der Waals surface area contributed by atoms with Gasteiger partial charge in [0.15, 0.2) is 0 Å². The van der Waals surface area contributed by atoms with Gasteiger partial charge in [0.25, 0.3) is 11.8 Å². The van der Waals surface area contributed by atoms with Crippen LogP contribution in [0.4, 0.5) is 0 Å². The average molecular weight is 607 g/mol. The van der Waals surface area contributed by atoms with E-state index >= 15 is 0 Å². The number of hydrogen-bond acceptors (Lipinski definition) is 9. The van der Waals surface area contributed by atoms with E-state index in [4.69, 9.17) is 21.0 Å². The number of ether oxygens (including phenoxy) is 1. The summed E-state index contributed by atoms with van der Waals surface area (Å²) in [5, 5.41) is 22.2. The van der Waals surface area contributed by atoms with Crippen LogP contribution in [0.1, 0.15) is 79.7 Å². The number of amides is 3. The Morgan fingerprint density at radius 3 is 2.48 bits per heavy atom. The lowest BCUT2D eigenvalue weighted by Crippen LogP contribution is -2.65. The molecule has 234 valence electrons. The second-order valence-corrected chi connectivity index (χ2v) is 12.0. The normalized spacial score (nSPS) is 21.5. The number of imide groups is 1. The molecule has 3 amide bonds. The first-order chi connectivity index (χ1) is 20.7. The molecule has 3 heterocycles. The van der Waals surface area contributed by atoms with E-state index in [9.17, 15) is 24.0 Å². The minimum Gasteiger partial charge on any atom is -0.481 e. The number of carboxylic acid groups (broad SMARTS) is 1. The Balaban J connectivity index is 1.63. The van der Waals surface area contributed by atoms with Crippen LogP contribution < -0.4 is 16.4 Å². The van der Waals surface area contributed by atoms with Crippen LogP contribution in [0.25, 0.3) is 0 Å². The molecule has 6 N–H and O–H groups in total. The first-order valence-electron chi connectivity index (χ1n) is 14.5. The third kappa shape index (κ3) is 6.77. The number of likely N-dealkylation sites (tertiary alicyclic amines) is 1. The standard InChI is InChI=1S/C31H38N6O7/c1-30(2,3)44-29(43)31(20(15-16-34-31)18-8-5-4-6-9-18)28(42)37-17-7-10-22(37)26(40)36-27(41)24-19(12-14-23(38)39)11-13-21(35-24)25(32)33/h4-6,8-9,11,13,20,22,34H,7,10,12,14-17H2,1-3H3,(H3,32,33)(H,38,39)(H,36,40,41)/t20?,22-,31-/m0/s1. The zero-order valence-electron chi connectivity index (χ0n) is 25.0. The van der Waals surface area contributed by atoms with E-state index in [1.165, 1.54) is 17.0 Å². The fraction of sp³-hybridized carbons (Fsp3) is 0.452. The number of nitrogens with two attached hydrogens (primary N) is 1. The quantitative estimate of drug-likeness (QED) is 0.0914. The van der Waals surface area contributed by atoms with Crippen molar-refractivity contribution in [3.05, 3.63) is 65.0 Å². The molecular formula is C31H38N6O7. The molecule has 1 aromatic heterocycles. The predicted molar refractivity (Wildman–Crippen MR) is 159 cm³/mol. The molecular weight excluding hydrogens is 568 g/mol. The van der Waals surface area contributed by atoms with Gasteiger partial charge in [0, 0.05) is 18.9 Å². The second-order valence-electron chi connectivity index (χ2n) is 12.0. The fourth-order valence-corrected chi connectivity index (χ4v) is 5.78. The Morgan fingerprint density at radius 1 is 1.14 bits per heavy atom. The zero-order chi connectivity index (χ0) is 32.2. The molecule has 0 spiro atoms. The number of pyridine rings is 1. The molecule has 0 bridgehead atoms. The molecule has 2 aliphatic rings. The van der Waals surface area contributed by atoms with Crippen molar-refractivity contribution in [3.63, 3.8) is 0 Å². The maximum absolute atomic E-state index is 14.5. The number of esters is 1. The van der Waals surface area contributed by atoms with Crippen LogP contribution in [0, 0.1) is 5.41 Å². The van der Waals surface area contributed by atoms with E-state index < -0.39 is 58.6 Å². The molecule has 3 atom stereocenters. The highest BCUT2D eigenvalue weighted by molar-refractivity contribution is 6.12. The Kier molecular flexibility index (Phi) is 9.47. The second kappa shape index (κ2) is 12.9. The monoisotopic (exact) mass is 606 g/mol. The molecule has 44 heavy (non-hydrogen) atoms. The first-order valence-corrected chi connectivity index (χ1v) is 14.5. The summed E-state index contributed by atoms with van der Waals surface area (Å²) in [6, 6.07) is 11.0. The molecule has 2 aliphatic heterocycles. The lowest BCUT2D eigenvalue weighted by Gasteiger charge is -2.38. The lowest BCUT2D eigenvalue weighted by molar-refractivity contribution is -0.170. The largest absolute Gasteiger partial charge is 0.481 e. The number of carbonyl (C=O) groups is 5. The number of carboxylic acids is 1. The van der Waals surface area contributed by atoms with Crippen molar-refractivity contribution in [2.45, 2.75) is 76.0 Å². The number of aromatic nitrogens is 1. The number of amidine groups is 1. The first kappa shape index (κ1) is 32.3. The number of rotatable bonds is 9. The summed E-state index contributed by atoms with van der Waals surface area (Å²) < 4.78 is 5.78. The van der Waals surface area contributed by atoms with Crippen molar-refractivity contribution in [3.8, 4) is 0 Å². The van der Waals surface area contributed by atoms with Gasteiger partial charge in [-0.25, -0.2) is 9.78 Å². The highest BCUT2D eigenvalue weighted by atomic mass is 16.6. The number of nitrogen functional groups attached to an aromatic ring is 1. The van der Waals surface area contributed by atoms with E-state index in [2.05, 4.69) is 15.6 Å². The third-order valence-corrected chi connectivity index (χ3v) is 7.75. The van der Waals surface area contributed by atoms with Gasteiger partial charge >= 0.3 is 11.9 Å². The SMILES string of the molecule is CC(C)(C)OC(=O)[C@]1(C(=O)N2CCC[C@H]2C(=O)NC(=O)c2nc(C(=N)N)ccc2CCC(=O)O)NCCC1c1ccccc1. The summed E-state index contributed by atoms with van der Waals surface area (Å²) in [6.07, 6.45) is 0.854. The molecule has 13 nitrogen and oxygen atoms in total. The summed E-state index contributed by atoms with van der Waals surface area (Å²) >= 11 is 0. The van der Waals surface area contributed by atoms with Crippen LogP contribution >= 0.6 is 0 Å². The van der Waals surface area contributed by atoms with Gasteiger partial charge in [-0.3, -0.25) is 35.2 Å². The van der Waals surface area contributed by atoms with Crippen LogP contribution in [-0.4, -0.2) is 80.8 Å². The smallest absolute Gasteiger partial charge is 0.337 e. The van der Waals surface area contributed by atoms with Crippen LogP contribution in [0.5, 0.6) is 0 Å². The van der Waals surface area contributed by atoms with Gasteiger partial charge in [-0.2, -0.15) is 0 Å². The maximum Gasteiger partial charge on any atom is 0.337 e. The average Bonchev–Trinajstić information content (AvgIpc) is 3.64. The minimum absolute atomic E-state index is 0.0158. The van der Waals surface area contributed by atoms with Crippen molar-refractivity contribution in [2.24, 2.45) is 5.73 Å². The van der Waals surface area contributed by atoms with Crippen molar-refractivity contribution >= 4 is 35.5 Å². The van der Waals surface area contributed by atoms with Gasteiger partial charge < -0.3 is 20.5 Å². The van der Waals surface area contributed by atoms with E-state index in [0.29, 0.717) is 19.4 Å². The number of nitrogens with zero attached hydrogens (tertiary/aromatic N) is 2. The topological polar surface area (TPSA) is 205 Å². The number of nitrogens with one attached hydrogen (secondary N) is 3. The lowest BCUT2D eigenvalue weighted by atomic mass is 9.79. The number of aryl methyl sites for hydroxylation is 1. The maximum atomic E-state index is 14.5. The molecule has 0 aliphatic carbocycles. The third-order valence-electron chi connectivity index (χ3n) is 7.75. The molecule has 2 fully saturated rings. The Labute approximate surface area is 255 Å². The van der Waals surface area contributed by atoms with E-state index in [-0.39, 0.29) is 42.8 Å². The molecule has 4 rings (SSSR count). The zero-order valence-corrected chi connectivity index (χ0v) is 25.0. The van der Waals surface area contributed by atoms with Crippen LogP contribution in [0.15, 0.2) is 42.5 Å². The number of hydrogen-bond donors (Lipinski definition) is 5. The molecule has 0 radical (unpaired) electrons. The van der Waals surface area contributed by atoms with Crippen LogP contribution in [-0.2, 0) is 30.3 Å². The van der Waals surface area contributed by atoms with Gasteiger partial charge in [-0.15, -0.1) is 0 Å². The highest BCUT2D eigenvalue weighted by Crippen LogP contribution is 2.40. The molecule has 13 heteroatoms. The van der Waals surface area contributed by atoms with Crippen molar-refractivity contribution in [1.29, 1.82) is 5.41 Å². The molecule has 1 unspecified atom stereocenters. The predicted octanol–water partition coefficient (Wildman–Crippen LogP) is 1.49. The molecule has 2 aromatic rings. The number of carbonyl (C=O) groups excluding carboxylic acids is 4. The summed E-state index contributed by atoms with van der Waals surface area (Å²) in [6.45, 7) is 5.69. The Bertz CT molecular complexity index is 1470. The van der Waals surface area contributed by atoms with Gasteiger partial charge in [0.05, 0.1) is 0 Å². The highest BCUT2D eigenvalue weighted by Gasteiger charge is 2.60. The van der Waals surface area contributed by atoms with Gasteiger partial charge in [-0.05, 0) is 70.2 Å². The number of benzene rings is 1. The summed E-state index contributed by atoms with van der Waals surface area (Å²) in [5.41, 5.74) is 3.64. The van der Waals surface area contributed by atoms with Crippen molar-refractivity contribution in [2.75, 3.05) is 13.1 Å². The van der Waals surface area contributed by atoms with Crippen molar-refractivity contribution in [1.82, 2.24) is 20.5 Å². The van der Waals surface area contributed by atoms with E-state index in [1.807, 2.05) is 30.3 Å². The van der Waals surface area contributed by atoms with E-state index in [0.717, 1.165) is 5.56 Å². The molecule has 1 aromatic carbocycles. The Morgan fingerprint density at radius 2 is 1.84 bits per heavy atom. The van der Waals surface area contributed by atoms with Gasteiger partial charge in [-0.1, -0.05) is 36.4 Å². The summed E-state index contributed by atoms with van der Waals surface area (Å²) in [4.78, 5) is 71.8. The van der Waals surface area contributed by atoms with E-state index in [1.54, 1.807) is 20.8 Å². The van der Waals surface area contributed by atoms with Crippen LogP contribution in [0.2, 0.25) is 0 Å². The Hall–Kier alpha value is -4.65. The summed E-state index contributed by atoms with van der Waals surface area (Å²) in [5.74, 6) is -5.09. The van der Waals surface area contributed by atoms with Gasteiger partial charge in [0.1, 0.15) is 28.9 Å². The summed E-state index contributed by atoms with van der Waals surface area (Å²) in [7, 11) is 0. The molecule has 2 saturated heterocycles. The molecule has 0 saturated carbocycles. The van der Waals surface area contributed by atoms with Crippen LogP contribution in [0.3, 0.4) is 0 Å². The number of aliphatic carboxylic acids is 1. The minimum atomic E-state index is -1.79.